The number of para-hydroxylation sites is 1. The first-order valence-corrected chi connectivity index (χ1v) is 6.71. The van der Waals surface area contributed by atoms with Crippen LogP contribution in [0.2, 0.25) is 0 Å². The molecule has 0 radical (unpaired) electrons. The van der Waals surface area contributed by atoms with E-state index in [1.807, 2.05) is 18.2 Å². The normalized spacial score (nSPS) is 23.0. The number of pyridine rings is 1. The lowest BCUT2D eigenvalue weighted by Gasteiger charge is -2.32. The molecule has 0 saturated heterocycles. The second kappa shape index (κ2) is 3.29. The first-order valence-electron chi connectivity index (χ1n) is 6.71. The lowest BCUT2D eigenvalue weighted by Crippen LogP contribution is -2.30. The van der Waals surface area contributed by atoms with Crippen LogP contribution in [0.4, 0.5) is 0 Å². The average Bonchev–Trinajstić information content (AvgIpc) is 2.67. The molecule has 2 aromatic rings. The zero-order chi connectivity index (χ0) is 13.2. The lowest BCUT2D eigenvalue weighted by atomic mass is 9.71. The van der Waals surface area contributed by atoms with Gasteiger partial charge in [0.25, 0.3) is 5.56 Å². The molecule has 0 unspecified atom stereocenters. The molecule has 0 bridgehead atoms. The monoisotopic (exact) mass is 253 g/mol. The second-order valence-electron chi connectivity index (χ2n) is 5.73. The Morgan fingerprint density at radius 1 is 1.32 bits per heavy atom. The highest BCUT2D eigenvalue weighted by atomic mass is 16.3. The van der Waals surface area contributed by atoms with Crippen molar-refractivity contribution < 1.29 is 5.11 Å². The van der Waals surface area contributed by atoms with Crippen molar-refractivity contribution in [1.29, 1.82) is 0 Å². The Morgan fingerprint density at radius 3 is 2.95 bits per heavy atom. The predicted octanol–water partition coefficient (Wildman–Crippen LogP) is 2.50. The van der Waals surface area contributed by atoms with E-state index >= 15 is 0 Å². The summed E-state index contributed by atoms with van der Waals surface area (Å²) in [4.78, 5) is 12.3. The number of fused-ring (bicyclic) bond motifs is 3. The highest BCUT2D eigenvalue weighted by molar-refractivity contribution is 5.61. The van der Waals surface area contributed by atoms with Crippen LogP contribution in [0.5, 0.6) is 5.75 Å². The van der Waals surface area contributed by atoms with Crippen molar-refractivity contribution in [3.63, 3.8) is 0 Å². The zero-order valence-electron chi connectivity index (χ0n) is 10.8. The fourth-order valence-corrected chi connectivity index (χ4v) is 3.84. The molecule has 0 saturated carbocycles. The molecule has 0 fully saturated rings. The smallest absolute Gasteiger partial charge is 0.259 e. The first-order chi connectivity index (χ1) is 9.13. The van der Waals surface area contributed by atoms with Crippen molar-refractivity contribution in [2.24, 2.45) is 0 Å². The van der Waals surface area contributed by atoms with Crippen LogP contribution in [0.1, 0.15) is 36.6 Å². The van der Waals surface area contributed by atoms with Crippen LogP contribution < -0.4 is 5.56 Å². The summed E-state index contributed by atoms with van der Waals surface area (Å²) in [5.41, 5.74) is 3.87. The molecule has 3 nitrogen and oxygen atoms in total. The molecule has 19 heavy (non-hydrogen) atoms. The van der Waals surface area contributed by atoms with Crippen LogP contribution in [0.3, 0.4) is 0 Å². The van der Waals surface area contributed by atoms with E-state index in [0.29, 0.717) is 0 Å². The van der Waals surface area contributed by atoms with Crippen LogP contribution >= 0.6 is 0 Å². The highest BCUT2D eigenvalue weighted by Crippen LogP contribution is 2.50. The van der Waals surface area contributed by atoms with Crippen LogP contribution in [0.25, 0.3) is 5.69 Å². The Balaban J connectivity index is 2.23. The summed E-state index contributed by atoms with van der Waals surface area (Å²) in [6.07, 6.45) is 2.93. The summed E-state index contributed by atoms with van der Waals surface area (Å²) in [7, 11) is 0. The van der Waals surface area contributed by atoms with E-state index in [1.54, 1.807) is 4.57 Å². The van der Waals surface area contributed by atoms with Crippen molar-refractivity contribution in [2.75, 3.05) is 0 Å². The molecule has 1 N–H and O–H groups in total. The molecule has 2 aliphatic rings. The SMILES string of the molecule is C[C@]12CCCc3c(O)cc(=O)n(c31)-c1ccccc12. The summed E-state index contributed by atoms with van der Waals surface area (Å²) >= 11 is 0. The van der Waals surface area contributed by atoms with Gasteiger partial charge in [0.15, 0.2) is 0 Å². The zero-order valence-corrected chi connectivity index (χ0v) is 10.8. The molecule has 1 aliphatic heterocycles. The second-order valence-corrected chi connectivity index (χ2v) is 5.73. The standard InChI is InChI=1S/C16H15NO2/c1-16-8-4-5-10-13(18)9-14(19)17(15(10)16)12-7-3-2-6-11(12)16/h2-3,6-7,9,18H,4-5,8H2,1H3/t16-/m1/s1. The molecule has 3 heteroatoms. The quantitative estimate of drug-likeness (QED) is 0.783. The molecule has 0 amide bonds. The molecule has 0 spiro atoms. The number of aromatic nitrogens is 1. The fourth-order valence-electron chi connectivity index (χ4n) is 3.84. The van der Waals surface area contributed by atoms with Gasteiger partial charge in [-0.15, -0.1) is 0 Å². The van der Waals surface area contributed by atoms with Gasteiger partial charge in [-0.25, -0.2) is 0 Å². The maximum Gasteiger partial charge on any atom is 0.259 e. The van der Waals surface area contributed by atoms with Crippen molar-refractivity contribution >= 4 is 0 Å². The van der Waals surface area contributed by atoms with E-state index in [-0.39, 0.29) is 16.7 Å². The molecule has 96 valence electrons. The Hall–Kier alpha value is -2.03. The summed E-state index contributed by atoms with van der Waals surface area (Å²) in [5.74, 6) is 0.162. The van der Waals surface area contributed by atoms with Gasteiger partial charge >= 0.3 is 0 Å². The number of aromatic hydroxyl groups is 1. The Morgan fingerprint density at radius 2 is 2.11 bits per heavy atom. The molecule has 1 atom stereocenters. The van der Waals surface area contributed by atoms with Crippen LogP contribution in [0, 0.1) is 0 Å². The summed E-state index contributed by atoms with van der Waals surface area (Å²) in [5, 5.41) is 10.1. The topological polar surface area (TPSA) is 42.2 Å². The van der Waals surface area contributed by atoms with Crippen LogP contribution in [-0.4, -0.2) is 9.67 Å². The van der Waals surface area contributed by atoms with Gasteiger partial charge in [-0.1, -0.05) is 18.2 Å². The molecule has 1 aromatic carbocycles. The van der Waals surface area contributed by atoms with Crippen molar-refractivity contribution in [1.82, 2.24) is 4.57 Å². The largest absolute Gasteiger partial charge is 0.507 e. The van der Waals surface area contributed by atoms with E-state index < -0.39 is 0 Å². The van der Waals surface area contributed by atoms with Crippen molar-refractivity contribution in [3.8, 4) is 11.4 Å². The number of nitrogens with zero attached hydrogens (tertiary/aromatic N) is 1. The number of benzene rings is 1. The highest BCUT2D eigenvalue weighted by Gasteiger charge is 2.44. The van der Waals surface area contributed by atoms with Gasteiger partial charge in [0.1, 0.15) is 5.75 Å². The van der Waals surface area contributed by atoms with Gasteiger partial charge in [0.2, 0.25) is 0 Å². The van der Waals surface area contributed by atoms with Gasteiger partial charge < -0.3 is 5.11 Å². The number of rotatable bonds is 0. The van der Waals surface area contributed by atoms with E-state index in [9.17, 15) is 9.90 Å². The predicted molar refractivity (Wildman–Crippen MR) is 73.1 cm³/mol. The third-order valence-corrected chi connectivity index (χ3v) is 4.66. The van der Waals surface area contributed by atoms with Crippen LogP contribution in [0.15, 0.2) is 35.1 Å². The van der Waals surface area contributed by atoms with Gasteiger partial charge in [-0.3, -0.25) is 9.36 Å². The summed E-state index contributed by atoms with van der Waals surface area (Å²) in [6.45, 7) is 2.19. The van der Waals surface area contributed by atoms with Crippen LogP contribution in [-0.2, 0) is 11.8 Å². The third-order valence-electron chi connectivity index (χ3n) is 4.66. The molecular formula is C16H15NO2. The first kappa shape index (κ1) is 10.9. The third kappa shape index (κ3) is 1.15. The van der Waals surface area contributed by atoms with E-state index in [1.165, 1.54) is 11.6 Å². The molecule has 4 rings (SSSR count). The molecule has 1 aliphatic carbocycles. The average molecular weight is 253 g/mol. The number of hydrogen-bond acceptors (Lipinski definition) is 2. The van der Waals surface area contributed by atoms with E-state index in [4.69, 9.17) is 0 Å². The molecule has 1 aromatic heterocycles. The lowest BCUT2D eigenvalue weighted by molar-refractivity contribution is 0.423. The number of hydrogen-bond donors (Lipinski definition) is 1. The van der Waals surface area contributed by atoms with Crippen molar-refractivity contribution in [2.45, 2.75) is 31.6 Å². The Kier molecular flexibility index (Phi) is 1.88. The molecular weight excluding hydrogens is 238 g/mol. The maximum atomic E-state index is 12.3. The Labute approximate surface area is 111 Å². The fraction of sp³-hybridized carbons (Fsp3) is 0.312. The Bertz CT molecular complexity index is 760. The summed E-state index contributed by atoms with van der Waals surface area (Å²) in [6, 6.07) is 9.44. The van der Waals surface area contributed by atoms with E-state index in [2.05, 4.69) is 13.0 Å². The van der Waals surface area contributed by atoms with Crippen molar-refractivity contribution in [3.05, 3.63) is 57.5 Å². The minimum atomic E-state index is -0.137. The van der Waals surface area contributed by atoms with Gasteiger partial charge in [-0.05, 0) is 37.8 Å². The summed E-state index contributed by atoms with van der Waals surface area (Å²) < 4.78 is 1.80. The van der Waals surface area contributed by atoms with Gasteiger partial charge in [-0.2, -0.15) is 0 Å². The van der Waals surface area contributed by atoms with Gasteiger partial charge in [0.05, 0.1) is 5.69 Å². The molecule has 2 heterocycles. The maximum absolute atomic E-state index is 12.3. The van der Waals surface area contributed by atoms with Gasteiger partial charge in [0, 0.05) is 22.7 Å². The van der Waals surface area contributed by atoms with E-state index in [0.717, 1.165) is 36.2 Å². The minimum absolute atomic E-state index is 0.130. The minimum Gasteiger partial charge on any atom is -0.507 e.